The van der Waals surface area contributed by atoms with Gasteiger partial charge >= 0.3 is 0 Å². The van der Waals surface area contributed by atoms with Crippen LogP contribution in [0.3, 0.4) is 0 Å². The molecule has 1 amide bonds. The fraction of sp³-hybridized carbons (Fsp3) is 0.722. The van der Waals surface area contributed by atoms with Crippen molar-refractivity contribution in [3.8, 4) is 0 Å². The zero-order valence-corrected chi connectivity index (χ0v) is 15.0. The third kappa shape index (κ3) is 4.27. The number of carbonyl (C=O) groups excluding carboxylic acids is 1. The molecule has 1 atom stereocenters. The molecule has 1 aliphatic heterocycles. The van der Waals surface area contributed by atoms with Crippen molar-refractivity contribution >= 4 is 5.91 Å². The molecule has 0 aromatic carbocycles. The number of nitrogens with zero attached hydrogens (tertiary/aromatic N) is 1. The summed E-state index contributed by atoms with van der Waals surface area (Å²) in [7, 11) is 0. The summed E-state index contributed by atoms with van der Waals surface area (Å²) in [5.74, 6) is 1.18. The van der Waals surface area contributed by atoms with E-state index in [1.54, 1.807) is 13.8 Å². The van der Waals surface area contributed by atoms with Gasteiger partial charge in [-0.3, -0.25) is 9.59 Å². The third-order valence-electron chi connectivity index (χ3n) is 5.55. The van der Waals surface area contributed by atoms with Crippen molar-refractivity contribution in [2.75, 3.05) is 13.1 Å². The van der Waals surface area contributed by atoms with Crippen LogP contribution in [0.2, 0.25) is 0 Å². The average molecular weight is 348 g/mol. The van der Waals surface area contributed by atoms with Gasteiger partial charge in [-0.1, -0.05) is 0 Å². The molecule has 0 bridgehead atoms. The molecule has 3 rings (SSSR count). The summed E-state index contributed by atoms with van der Waals surface area (Å²) >= 11 is 0. The van der Waals surface area contributed by atoms with Crippen LogP contribution in [0.25, 0.3) is 0 Å². The Hall–Kier alpha value is -1.73. The Kier molecular flexibility index (Phi) is 5.54. The Morgan fingerprint density at radius 1 is 1.28 bits per heavy atom. The molecule has 138 valence electrons. The van der Waals surface area contributed by atoms with Crippen molar-refractivity contribution in [2.45, 2.75) is 58.1 Å². The Bertz CT molecular complexity index is 675. The highest BCUT2D eigenvalue weighted by Crippen LogP contribution is 2.35. The van der Waals surface area contributed by atoms with Gasteiger partial charge in [0, 0.05) is 17.3 Å². The van der Waals surface area contributed by atoms with E-state index in [1.807, 2.05) is 0 Å². The SMILES string of the molecule is Cc1nc(C)c(CC(=O)N[C@H](C2CCNCC2)C2CC(O)C2)c(=O)[nH]1. The van der Waals surface area contributed by atoms with Gasteiger partial charge in [0.15, 0.2) is 0 Å². The molecule has 1 aromatic rings. The van der Waals surface area contributed by atoms with Gasteiger partial charge in [0.2, 0.25) is 5.91 Å². The van der Waals surface area contributed by atoms with E-state index >= 15 is 0 Å². The molecule has 2 heterocycles. The smallest absolute Gasteiger partial charge is 0.254 e. The standard InChI is InChI=1S/C18H28N4O3/c1-10-15(18(25)21-11(2)20-10)9-16(24)22-17(13-7-14(23)8-13)12-3-5-19-6-4-12/h12-14,17,19,23H,3-9H2,1-2H3,(H,22,24)(H,20,21,25)/t13?,14?,17-/m1/s1. The Labute approximate surface area is 147 Å². The first-order valence-electron chi connectivity index (χ1n) is 9.18. The van der Waals surface area contributed by atoms with Crippen molar-refractivity contribution < 1.29 is 9.90 Å². The first-order valence-corrected chi connectivity index (χ1v) is 9.18. The number of aliphatic hydroxyl groups is 1. The molecule has 0 radical (unpaired) electrons. The van der Waals surface area contributed by atoms with E-state index in [2.05, 4.69) is 20.6 Å². The van der Waals surface area contributed by atoms with E-state index in [0.717, 1.165) is 38.8 Å². The lowest BCUT2D eigenvalue weighted by molar-refractivity contribution is -0.123. The van der Waals surface area contributed by atoms with Crippen LogP contribution < -0.4 is 16.2 Å². The summed E-state index contributed by atoms with van der Waals surface area (Å²) in [6.45, 7) is 5.42. The summed E-state index contributed by atoms with van der Waals surface area (Å²) in [5, 5.41) is 16.2. The minimum Gasteiger partial charge on any atom is -0.393 e. The van der Waals surface area contributed by atoms with E-state index in [1.165, 1.54) is 0 Å². The molecular weight excluding hydrogens is 320 g/mol. The molecule has 1 aromatic heterocycles. The molecule has 25 heavy (non-hydrogen) atoms. The highest BCUT2D eigenvalue weighted by Gasteiger charge is 2.39. The number of amides is 1. The first kappa shape index (κ1) is 18.1. The number of H-pyrrole nitrogens is 1. The molecule has 1 aliphatic carbocycles. The second-order valence-electron chi connectivity index (χ2n) is 7.46. The Morgan fingerprint density at radius 2 is 1.96 bits per heavy atom. The van der Waals surface area contributed by atoms with Crippen LogP contribution in [0.5, 0.6) is 0 Å². The number of aryl methyl sites for hydroxylation is 2. The van der Waals surface area contributed by atoms with Crippen molar-refractivity contribution in [1.29, 1.82) is 0 Å². The molecule has 7 nitrogen and oxygen atoms in total. The van der Waals surface area contributed by atoms with Crippen LogP contribution in [0.15, 0.2) is 4.79 Å². The quantitative estimate of drug-likeness (QED) is 0.607. The predicted octanol–water partition coefficient (Wildman–Crippen LogP) is 0.185. The molecule has 2 aliphatic rings. The normalized spacial score (nSPS) is 25.2. The molecule has 1 saturated heterocycles. The van der Waals surface area contributed by atoms with Gasteiger partial charge in [0.1, 0.15) is 5.82 Å². The van der Waals surface area contributed by atoms with E-state index in [9.17, 15) is 14.7 Å². The number of carbonyl (C=O) groups is 1. The maximum atomic E-state index is 12.6. The van der Waals surface area contributed by atoms with Crippen molar-refractivity contribution in [3.63, 3.8) is 0 Å². The first-order chi connectivity index (χ1) is 11.9. The van der Waals surface area contributed by atoms with Gasteiger partial charge in [0.25, 0.3) is 5.56 Å². The minimum absolute atomic E-state index is 0.0468. The second-order valence-corrected chi connectivity index (χ2v) is 7.46. The summed E-state index contributed by atoms with van der Waals surface area (Å²) in [6, 6.07) is 0.0794. The number of aliphatic hydroxyl groups excluding tert-OH is 1. The van der Waals surface area contributed by atoms with Crippen LogP contribution in [-0.4, -0.2) is 46.2 Å². The largest absolute Gasteiger partial charge is 0.393 e. The molecule has 1 saturated carbocycles. The second kappa shape index (κ2) is 7.66. The summed E-state index contributed by atoms with van der Waals surface area (Å²) in [4.78, 5) is 31.6. The van der Waals surface area contributed by atoms with E-state index in [4.69, 9.17) is 0 Å². The van der Waals surface area contributed by atoms with Gasteiger partial charge in [-0.2, -0.15) is 0 Å². The summed E-state index contributed by atoms with van der Waals surface area (Å²) in [5.41, 5.74) is 0.798. The fourth-order valence-electron chi connectivity index (χ4n) is 4.10. The topological polar surface area (TPSA) is 107 Å². The molecule has 7 heteroatoms. The number of hydrogen-bond acceptors (Lipinski definition) is 5. The highest BCUT2D eigenvalue weighted by atomic mass is 16.3. The third-order valence-corrected chi connectivity index (χ3v) is 5.55. The van der Waals surface area contributed by atoms with Crippen LogP contribution >= 0.6 is 0 Å². The van der Waals surface area contributed by atoms with Gasteiger partial charge in [-0.15, -0.1) is 0 Å². The van der Waals surface area contributed by atoms with Crippen LogP contribution in [0.4, 0.5) is 0 Å². The van der Waals surface area contributed by atoms with Gasteiger partial charge < -0.3 is 20.7 Å². The average Bonchev–Trinajstić information content (AvgIpc) is 2.54. The summed E-state index contributed by atoms with van der Waals surface area (Å²) in [6.07, 6.45) is 3.37. The van der Waals surface area contributed by atoms with Gasteiger partial charge in [-0.25, -0.2) is 4.98 Å². The van der Waals surface area contributed by atoms with E-state index in [0.29, 0.717) is 28.9 Å². The van der Waals surface area contributed by atoms with E-state index in [-0.39, 0.29) is 30.0 Å². The van der Waals surface area contributed by atoms with Crippen molar-refractivity contribution in [2.24, 2.45) is 11.8 Å². The minimum atomic E-state index is -0.238. The lowest BCUT2D eigenvalue weighted by Crippen LogP contribution is -2.53. The molecule has 0 spiro atoms. The van der Waals surface area contributed by atoms with E-state index < -0.39 is 0 Å². The number of rotatable bonds is 5. The number of nitrogens with one attached hydrogen (secondary N) is 3. The molecule has 0 unspecified atom stereocenters. The van der Waals surface area contributed by atoms with Crippen LogP contribution in [0.1, 0.15) is 42.8 Å². The van der Waals surface area contributed by atoms with Crippen molar-refractivity contribution in [3.05, 3.63) is 27.4 Å². The zero-order chi connectivity index (χ0) is 18.0. The van der Waals surface area contributed by atoms with Crippen LogP contribution in [-0.2, 0) is 11.2 Å². The zero-order valence-electron chi connectivity index (χ0n) is 15.0. The predicted molar refractivity (Wildman–Crippen MR) is 94.3 cm³/mol. The highest BCUT2D eigenvalue weighted by molar-refractivity contribution is 5.79. The Morgan fingerprint density at radius 3 is 2.56 bits per heavy atom. The molecule has 2 fully saturated rings. The number of piperidine rings is 1. The molecule has 4 N–H and O–H groups in total. The number of aromatic nitrogens is 2. The van der Waals surface area contributed by atoms with Crippen LogP contribution in [0, 0.1) is 25.7 Å². The lowest BCUT2D eigenvalue weighted by atomic mass is 9.71. The monoisotopic (exact) mass is 348 g/mol. The summed E-state index contributed by atoms with van der Waals surface area (Å²) < 4.78 is 0. The lowest BCUT2D eigenvalue weighted by Gasteiger charge is -2.43. The maximum absolute atomic E-state index is 12.6. The fourth-order valence-corrected chi connectivity index (χ4v) is 4.10. The number of aromatic amines is 1. The Balaban J connectivity index is 1.69. The number of hydrogen-bond donors (Lipinski definition) is 4. The van der Waals surface area contributed by atoms with Gasteiger partial charge in [0.05, 0.1) is 12.5 Å². The van der Waals surface area contributed by atoms with Gasteiger partial charge in [-0.05, 0) is 64.5 Å². The maximum Gasteiger partial charge on any atom is 0.254 e. The van der Waals surface area contributed by atoms with Crippen molar-refractivity contribution in [1.82, 2.24) is 20.6 Å². The molecular formula is C18H28N4O3.